The highest BCUT2D eigenvalue weighted by Gasteiger charge is 2.22. The topological polar surface area (TPSA) is 24.9 Å². The predicted octanol–water partition coefficient (Wildman–Crippen LogP) is 1.56. The third-order valence-corrected chi connectivity index (χ3v) is 2.20. The van der Waals surface area contributed by atoms with Crippen molar-refractivity contribution in [1.29, 1.82) is 0 Å². The third kappa shape index (κ3) is 1.20. The minimum absolute atomic E-state index is 0.192. The molecule has 0 spiro atoms. The number of hydrogen-bond donors (Lipinski definition) is 1. The lowest BCUT2D eigenvalue weighted by atomic mass is 9.98. The van der Waals surface area contributed by atoms with E-state index in [0.717, 1.165) is 18.5 Å². The number of hydrogen-bond acceptors (Lipinski definition) is 2. The van der Waals surface area contributed by atoms with Gasteiger partial charge in [-0.3, -0.25) is 0 Å². The van der Waals surface area contributed by atoms with Crippen molar-refractivity contribution >= 4 is 0 Å². The van der Waals surface area contributed by atoms with Crippen LogP contribution in [0.5, 0.6) is 0 Å². The van der Waals surface area contributed by atoms with E-state index in [-0.39, 0.29) is 12.0 Å². The van der Waals surface area contributed by atoms with Crippen LogP contribution in [-0.2, 0) is 0 Å². The smallest absolute Gasteiger partial charge is 0.217 e. The summed E-state index contributed by atoms with van der Waals surface area (Å²) in [6.07, 6.45) is 2.57. The van der Waals surface area contributed by atoms with Gasteiger partial charge in [-0.2, -0.15) is 4.39 Å². The van der Waals surface area contributed by atoms with E-state index in [1.807, 2.05) is 13.0 Å². The monoisotopic (exact) mass is 166 g/mol. The Labute approximate surface area is 70.8 Å². The van der Waals surface area contributed by atoms with Gasteiger partial charge in [0.1, 0.15) is 0 Å². The second-order valence-electron chi connectivity index (χ2n) is 3.19. The first-order valence-corrected chi connectivity index (χ1v) is 4.13. The quantitative estimate of drug-likeness (QED) is 0.640. The summed E-state index contributed by atoms with van der Waals surface area (Å²) in [6.45, 7) is 2.91. The van der Waals surface area contributed by atoms with Gasteiger partial charge in [0.15, 0.2) is 0 Å². The molecule has 1 aromatic heterocycles. The Balaban J connectivity index is 2.34. The Kier molecular flexibility index (Phi) is 1.81. The van der Waals surface area contributed by atoms with E-state index in [2.05, 4.69) is 10.3 Å². The Morgan fingerprint density at radius 2 is 2.42 bits per heavy atom. The van der Waals surface area contributed by atoms with Crippen molar-refractivity contribution in [1.82, 2.24) is 10.3 Å². The Morgan fingerprint density at radius 3 is 3.00 bits per heavy atom. The average Bonchev–Trinajstić information content (AvgIpc) is 1.93. The molecule has 0 aliphatic carbocycles. The average molecular weight is 166 g/mol. The maximum absolute atomic E-state index is 13.1. The van der Waals surface area contributed by atoms with Gasteiger partial charge in [0, 0.05) is 17.8 Å². The fourth-order valence-electron chi connectivity index (χ4n) is 1.37. The zero-order chi connectivity index (χ0) is 8.55. The molecule has 1 N–H and O–H groups in total. The highest BCUT2D eigenvalue weighted by Crippen LogP contribution is 2.24. The number of aryl methyl sites for hydroxylation is 1. The molecule has 1 unspecified atom stereocenters. The first kappa shape index (κ1) is 7.68. The first-order valence-electron chi connectivity index (χ1n) is 4.13. The lowest BCUT2D eigenvalue weighted by Crippen LogP contribution is -2.35. The molecule has 2 heterocycles. The molecule has 0 aromatic carbocycles. The van der Waals surface area contributed by atoms with Gasteiger partial charge in [-0.25, -0.2) is 4.98 Å². The van der Waals surface area contributed by atoms with Crippen LogP contribution in [0.4, 0.5) is 4.39 Å². The molecule has 0 amide bonds. The van der Waals surface area contributed by atoms with Gasteiger partial charge in [0.25, 0.3) is 0 Å². The lowest BCUT2D eigenvalue weighted by Gasteiger charge is -2.27. The van der Waals surface area contributed by atoms with E-state index in [1.54, 1.807) is 6.20 Å². The van der Waals surface area contributed by atoms with Crippen molar-refractivity contribution in [3.05, 3.63) is 29.3 Å². The van der Waals surface area contributed by atoms with Crippen molar-refractivity contribution in [2.45, 2.75) is 19.4 Å². The molecule has 1 aromatic rings. The standard InChI is InChI=1S/C9H11FN2/c1-6-4-7(8-2-3-11-8)9(10)12-5-6/h4-5,8,11H,2-3H2,1H3. The largest absolute Gasteiger partial charge is 0.310 e. The Hall–Kier alpha value is -0.960. The number of rotatable bonds is 1. The molecule has 1 atom stereocenters. The molecule has 3 heteroatoms. The van der Waals surface area contributed by atoms with Crippen molar-refractivity contribution in [2.75, 3.05) is 6.54 Å². The van der Waals surface area contributed by atoms with Crippen LogP contribution < -0.4 is 5.32 Å². The summed E-state index contributed by atoms with van der Waals surface area (Å²) in [6, 6.07) is 2.05. The number of nitrogens with one attached hydrogen (secondary N) is 1. The molecule has 2 nitrogen and oxygen atoms in total. The highest BCUT2D eigenvalue weighted by atomic mass is 19.1. The molecule has 1 saturated heterocycles. The molecule has 1 aliphatic rings. The molecule has 2 rings (SSSR count). The predicted molar refractivity (Wildman–Crippen MR) is 44.3 cm³/mol. The van der Waals surface area contributed by atoms with E-state index < -0.39 is 0 Å². The summed E-state index contributed by atoms with van der Waals surface area (Å²) >= 11 is 0. The SMILES string of the molecule is Cc1cnc(F)c(C2CCN2)c1. The van der Waals surface area contributed by atoms with Gasteiger partial charge in [0.2, 0.25) is 5.95 Å². The van der Waals surface area contributed by atoms with Crippen LogP contribution in [-0.4, -0.2) is 11.5 Å². The molecule has 1 aliphatic heterocycles. The Bertz CT molecular complexity index is 295. The Morgan fingerprint density at radius 1 is 1.67 bits per heavy atom. The molecule has 0 bridgehead atoms. The molecule has 0 radical (unpaired) electrons. The van der Waals surface area contributed by atoms with Crippen LogP contribution in [0.1, 0.15) is 23.6 Å². The van der Waals surface area contributed by atoms with Gasteiger partial charge >= 0.3 is 0 Å². The maximum atomic E-state index is 13.1. The van der Waals surface area contributed by atoms with Gasteiger partial charge < -0.3 is 5.32 Å². The van der Waals surface area contributed by atoms with Crippen LogP contribution in [0, 0.1) is 12.9 Å². The van der Waals surface area contributed by atoms with E-state index in [1.165, 1.54) is 0 Å². The summed E-state index contributed by atoms with van der Waals surface area (Å²) in [5.74, 6) is -0.335. The van der Waals surface area contributed by atoms with Gasteiger partial charge in [-0.15, -0.1) is 0 Å². The summed E-state index contributed by atoms with van der Waals surface area (Å²) in [7, 11) is 0. The summed E-state index contributed by atoms with van der Waals surface area (Å²) < 4.78 is 13.1. The fraction of sp³-hybridized carbons (Fsp3) is 0.444. The number of aromatic nitrogens is 1. The van der Waals surface area contributed by atoms with E-state index in [0.29, 0.717) is 5.56 Å². The van der Waals surface area contributed by atoms with Crippen LogP contribution in [0.25, 0.3) is 0 Å². The van der Waals surface area contributed by atoms with Gasteiger partial charge in [-0.1, -0.05) is 0 Å². The fourth-order valence-corrected chi connectivity index (χ4v) is 1.37. The lowest BCUT2D eigenvalue weighted by molar-refractivity contribution is 0.365. The first-order chi connectivity index (χ1) is 5.77. The normalized spacial score (nSPS) is 22.0. The molecule has 1 fully saturated rings. The molecule has 0 saturated carbocycles. The van der Waals surface area contributed by atoms with Crippen LogP contribution >= 0.6 is 0 Å². The maximum Gasteiger partial charge on any atom is 0.217 e. The van der Waals surface area contributed by atoms with Crippen LogP contribution in [0.2, 0.25) is 0 Å². The third-order valence-electron chi connectivity index (χ3n) is 2.20. The molecule has 64 valence electrons. The minimum atomic E-state index is -0.335. The minimum Gasteiger partial charge on any atom is -0.310 e. The number of nitrogens with zero attached hydrogens (tertiary/aromatic N) is 1. The summed E-state index contributed by atoms with van der Waals surface area (Å²) in [5.41, 5.74) is 1.72. The second kappa shape index (κ2) is 2.83. The molecule has 12 heavy (non-hydrogen) atoms. The van der Waals surface area contributed by atoms with Crippen LogP contribution in [0.3, 0.4) is 0 Å². The molecular weight excluding hydrogens is 155 g/mol. The summed E-state index contributed by atoms with van der Waals surface area (Å²) in [5, 5.41) is 3.15. The van der Waals surface area contributed by atoms with Crippen molar-refractivity contribution in [3.8, 4) is 0 Å². The number of halogens is 1. The second-order valence-corrected chi connectivity index (χ2v) is 3.19. The van der Waals surface area contributed by atoms with E-state index in [4.69, 9.17) is 0 Å². The van der Waals surface area contributed by atoms with Crippen molar-refractivity contribution in [3.63, 3.8) is 0 Å². The zero-order valence-corrected chi connectivity index (χ0v) is 6.97. The van der Waals surface area contributed by atoms with Crippen molar-refractivity contribution < 1.29 is 4.39 Å². The van der Waals surface area contributed by atoms with E-state index in [9.17, 15) is 4.39 Å². The van der Waals surface area contributed by atoms with Gasteiger partial charge in [0.05, 0.1) is 0 Å². The van der Waals surface area contributed by atoms with Crippen molar-refractivity contribution in [2.24, 2.45) is 0 Å². The molecular formula is C9H11FN2. The van der Waals surface area contributed by atoms with E-state index >= 15 is 0 Å². The zero-order valence-electron chi connectivity index (χ0n) is 6.97. The highest BCUT2D eigenvalue weighted by molar-refractivity contribution is 5.23. The summed E-state index contributed by atoms with van der Waals surface area (Å²) in [4.78, 5) is 3.67. The number of pyridine rings is 1. The van der Waals surface area contributed by atoms with Gasteiger partial charge in [-0.05, 0) is 31.5 Å². The van der Waals surface area contributed by atoms with Crippen LogP contribution in [0.15, 0.2) is 12.3 Å².